The molecule has 0 atom stereocenters. The predicted octanol–water partition coefficient (Wildman–Crippen LogP) is 6.33. The van der Waals surface area contributed by atoms with Crippen LogP contribution in [0.4, 0.5) is 18.9 Å². The van der Waals surface area contributed by atoms with E-state index in [4.69, 9.17) is 11.6 Å². The maximum atomic E-state index is 13.6. The van der Waals surface area contributed by atoms with Crippen molar-refractivity contribution in [2.45, 2.75) is 18.1 Å². The van der Waals surface area contributed by atoms with Crippen LogP contribution < -0.4 is 5.32 Å². The number of carbonyl (C=O) groups is 1. The normalized spacial score (nSPS) is 11.1. The van der Waals surface area contributed by atoms with Crippen LogP contribution in [0.15, 0.2) is 59.6 Å². The van der Waals surface area contributed by atoms with Crippen LogP contribution in [0.2, 0.25) is 5.02 Å². The predicted molar refractivity (Wildman–Crippen MR) is 115 cm³/mol. The zero-order valence-corrected chi connectivity index (χ0v) is 17.7. The number of carbonyl (C=O) groups excluding carboxylic acids is 1. The highest BCUT2D eigenvalue weighted by Crippen LogP contribution is 2.38. The van der Waals surface area contributed by atoms with E-state index in [-0.39, 0.29) is 16.5 Å². The first-order valence-corrected chi connectivity index (χ1v) is 10.3. The lowest BCUT2D eigenvalue weighted by molar-refractivity contribution is -0.138. The van der Waals surface area contributed by atoms with E-state index < -0.39 is 23.2 Å². The van der Waals surface area contributed by atoms with Gasteiger partial charge in [-0.25, -0.2) is 4.98 Å². The third-order valence-electron chi connectivity index (χ3n) is 4.19. The number of halogens is 4. The molecule has 0 saturated heterocycles. The van der Waals surface area contributed by atoms with Gasteiger partial charge in [0.25, 0.3) is 0 Å². The van der Waals surface area contributed by atoms with Gasteiger partial charge < -0.3 is 5.32 Å². The second-order valence-electron chi connectivity index (χ2n) is 6.56. The molecule has 0 saturated carbocycles. The number of rotatable bonds is 5. The fraction of sp³-hybridized carbons (Fsp3) is 0.136. The van der Waals surface area contributed by atoms with E-state index >= 15 is 0 Å². The van der Waals surface area contributed by atoms with Gasteiger partial charge in [-0.15, -0.1) is 0 Å². The molecular formula is C22H15ClF3N3OS. The summed E-state index contributed by atoms with van der Waals surface area (Å²) >= 11 is 6.62. The molecular weight excluding hydrogens is 447 g/mol. The Morgan fingerprint density at radius 3 is 2.52 bits per heavy atom. The molecule has 0 fully saturated rings. The SMILES string of the molecule is Cc1cccc(NC(=O)CSc2nc(-c3ccc(Cl)cc3)cc(C(F)(F)F)c2C#N)c1. The van der Waals surface area contributed by atoms with Gasteiger partial charge in [0, 0.05) is 16.3 Å². The number of benzene rings is 2. The molecule has 1 heterocycles. The molecule has 3 aromatic rings. The number of hydrogen-bond acceptors (Lipinski definition) is 4. The molecule has 4 nitrogen and oxygen atoms in total. The standard InChI is InChI=1S/C22H15ClF3N3OS/c1-13-3-2-4-16(9-13)28-20(30)12-31-21-17(11-27)18(22(24,25)26)10-19(29-21)14-5-7-15(23)8-6-14/h2-10H,12H2,1H3,(H,28,30). The highest BCUT2D eigenvalue weighted by molar-refractivity contribution is 8.00. The molecule has 0 aliphatic rings. The molecule has 3 rings (SSSR count). The summed E-state index contributed by atoms with van der Waals surface area (Å²) < 4.78 is 40.8. The fourth-order valence-electron chi connectivity index (χ4n) is 2.78. The number of nitrogens with zero attached hydrogens (tertiary/aromatic N) is 2. The number of nitriles is 1. The summed E-state index contributed by atoms with van der Waals surface area (Å²) in [5, 5.41) is 12.3. The van der Waals surface area contributed by atoms with Gasteiger partial charge in [-0.05, 0) is 42.8 Å². The van der Waals surface area contributed by atoms with Gasteiger partial charge in [0.1, 0.15) is 11.1 Å². The summed E-state index contributed by atoms with van der Waals surface area (Å²) in [5.41, 5.74) is 0.250. The average Bonchev–Trinajstić information content (AvgIpc) is 2.71. The van der Waals surface area contributed by atoms with Crippen molar-refractivity contribution in [3.05, 3.63) is 76.3 Å². The lowest BCUT2D eigenvalue weighted by atomic mass is 10.1. The molecule has 1 amide bonds. The van der Waals surface area contributed by atoms with Crippen molar-refractivity contribution >= 4 is 35.0 Å². The summed E-state index contributed by atoms with van der Waals surface area (Å²) in [7, 11) is 0. The number of pyridine rings is 1. The maximum absolute atomic E-state index is 13.6. The van der Waals surface area contributed by atoms with E-state index in [1.807, 2.05) is 13.0 Å². The quantitative estimate of drug-likeness (QED) is 0.451. The van der Waals surface area contributed by atoms with E-state index in [2.05, 4.69) is 10.3 Å². The molecule has 0 bridgehead atoms. The van der Waals surface area contributed by atoms with Crippen LogP contribution in [0.1, 0.15) is 16.7 Å². The first-order chi connectivity index (χ1) is 14.7. The molecule has 31 heavy (non-hydrogen) atoms. The lowest BCUT2D eigenvalue weighted by Crippen LogP contribution is -2.15. The topological polar surface area (TPSA) is 65.8 Å². The number of aromatic nitrogens is 1. The molecule has 0 unspecified atom stereocenters. The molecule has 2 aromatic carbocycles. The molecule has 158 valence electrons. The van der Waals surface area contributed by atoms with Crippen LogP contribution in [0.25, 0.3) is 11.3 Å². The van der Waals surface area contributed by atoms with Crippen LogP contribution in [0, 0.1) is 18.3 Å². The first kappa shape index (κ1) is 22.7. The fourth-order valence-corrected chi connectivity index (χ4v) is 3.71. The third-order valence-corrected chi connectivity index (χ3v) is 5.41. The van der Waals surface area contributed by atoms with Gasteiger partial charge in [-0.2, -0.15) is 18.4 Å². The molecule has 0 spiro atoms. The van der Waals surface area contributed by atoms with Crippen molar-refractivity contribution in [1.29, 1.82) is 5.26 Å². The van der Waals surface area contributed by atoms with Crippen LogP contribution in [-0.2, 0) is 11.0 Å². The second kappa shape index (κ2) is 9.41. The van der Waals surface area contributed by atoms with Crippen molar-refractivity contribution in [3.8, 4) is 17.3 Å². The van der Waals surface area contributed by atoms with Crippen LogP contribution in [0.3, 0.4) is 0 Å². The average molecular weight is 462 g/mol. The van der Waals surface area contributed by atoms with Crippen molar-refractivity contribution in [2.24, 2.45) is 0 Å². The Balaban J connectivity index is 1.92. The minimum absolute atomic E-state index is 0.0320. The Morgan fingerprint density at radius 1 is 1.19 bits per heavy atom. The first-order valence-electron chi connectivity index (χ1n) is 8.95. The highest BCUT2D eigenvalue weighted by atomic mass is 35.5. The summed E-state index contributed by atoms with van der Waals surface area (Å²) in [4.78, 5) is 16.5. The van der Waals surface area contributed by atoms with Gasteiger partial charge in [0.05, 0.1) is 22.6 Å². The van der Waals surface area contributed by atoms with E-state index in [1.54, 1.807) is 24.3 Å². The van der Waals surface area contributed by atoms with E-state index in [9.17, 15) is 23.2 Å². The molecule has 1 aromatic heterocycles. The van der Waals surface area contributed by atoms with Gasteiger partial charge in [0.2, 0.25) is 5.91 Å². The van der Waals surface area contributed by atoms with E-state index in [0.717, 1.165) is 23.4 Å². The van der Waals surface area contributed by atoms with Gasteiger partial charge in [-0.3, -0.25) is 4.79 Å². The van der Waals surface area contributed by atoms with Crippen molar-refractivity contribution in [1.82, 2.24) is 4.98 Å². The number of hydrogen-bond donors (Lipinski definition) is 1. The molecule has 9 heteroatoms. The number of nitrogens with one attached hydrogen (secondary N) is 1. The minimum atomic E-state index is -4.76. The van der Waals surface area contributed by atoms with Crippen molar-refractivity contribution in [2.75, 3.05) is 11.1 Å². The Morgan fingerprint density at radius 2 is 1.90 bits per heavy atom. The van der Waals surface area contributed by atoms with Crippen molar-refractivity contribution < 1.29 is 18.0 Å². The number of thioether (sulfide) groups is 1. The maximum Gasteiger partial charge on any atom is 0.417 e. The Hall–Kier alpha value is -3.02. The summed E-state index contributed by atoms with van der Waals surface area (Å²) in [5.74, 6) is -0.636. The van der Waals surface area contributed by atoms with Gasteiger partial charge >= 0.3 is 6.18 Å². The van der Waals surface area contributed by atoms with E-state index in [1.165, 1.54) is 24.3 Å². The Labute approximate surface area is 186 Å². The summed E-state index contributed by atoms with van der Waals surface area (Å²) in [6.07, 6.45) is -4.76. The minimum Gasteiger partial charge on any atom is -0.325 e. The zero-order valence-electron chi connectivity index (χ0n) is 16.1. The Bertz CT molecular complexity index is 1160. The number of alkyl halides is 3. The van der Waals surface area contributed by atoms with Crippen LogP contribution in [-0.4, -0.2) is 16.6 Å². The smallest absolute Gasteiger partial charge is 0.325 e. The van der Waals surface area contributed by atoms with Crippen molar-refractivity contribution in [3.63, 3.8) is 0 Å². The van der Waals surface area contributed by atoms with E-state index in [0.29, 0.717) is 16.3 Å². The molecule has 0 aliphatic heterocycles. The summed E-state index contributed by atoms with van der Waals surface area (Å²) in [6.45, 7) is 1.87. The zero-order chi connectivity index (χ0) is 22.6. The largest absolute Gasteiger partial charge is 0.417 e. The lowest BCUT2D eigenvalue weighted by Gasteiger charge is -2.14. The molecule has 0 aliphatic carbocycles. The molecule has 1 N–H and O–H groups in total. The monoisotopic (exact) mass is 461 g/mol. The van der Waals surface area contributed by atoms with Gasteiger partial charge in [0.15, 0.2) is 0 Å². The Kier molecular flexibility index (Phi) is 6.88. The van der Waals surface area contributed by atoms with Crippen LogP contribution in [0.5, 0.6) is 0 Å². The second-order valence-corrected chi connectivity index (χ2v) is 7.96. The molecule has 0 radical (unpaired) electrons. The number of amides is 1. The third kappa shape index (κ3) is 5.78. The number of anilines is 1. The highest BCUT2D eigenvalue weighted by Gasteiger charge is 2.36. The number of aryl methyl sites for hydroxylation is 1. The van der Waals surface area contributed by atoms with Crippen LogP contribution >= 0.6 is 23.4 Å². The summed E-state index contributed by atoms with van der Waals surface area (Å²) in [6, 6.07) is 15.7. The van der Waals surface area contributed by atoms with Gasteiger partial charge in [-0.1, -0.05) is 47.6 Å².